The van der Waals surface area contributed by atoms with Crippen LogP contribution in [0.2, 0.25) is 5.02 Å². The van der Waals surface area contributed by atoms with E-state index in [2.05, 4.69) is 16.0 Å². The molecule has 1 fully saturated rings. The smallest absolute Gasteiger partial charge is 0.297 e. The lowest BCUT2D eigenvalue weighted by Crippen LogP contribution is -2.37. The van der Waals surface area contributed by atoms with Gasteiger partial charge in [0.25, 0.3) is 5.56 Å². The van der Waals surface area contributed by atoms with Crippen molar-refractivity contribution in [2.45, 2.75) is 45.8 Å². The third-order valence-electron chi connectivity index (χ3n) is 4.51. The molecular weight excluding hydrogens is 364 g/mol. The molecule has 2 heterocycles. The lowest BCUT2D eigenvalue weighted by Gasteiger charge is -2.30. The number of rotatable bonds is 5. The number of piperidine rings is 1. The molecule has 1 aromatic heterocycles. The van der Waals surface area contributed by atoms with Gasteiger partial charge in [0.15, 0.2) is 0 Å². The first-order valence-electron chi connectivity index (χ1n) is 9.19. The van der Waals surface area contributed by atoms with Crippen LogP contribution in [0.25, 0.3) is 0 Å². The normalized spacial score (nSPS) is 14.3. The summed E-state index contributed by atoms with van der Waals surface area (Å²) in [7, 11) is 0. The predicted molar refractivity (Wildman–Crippen MR) is 106 cm³/mol. The van der Waals surface area contributed by atoms with E-state index < -0.39 is 0 Å². The number of nitriles is 1. The second-order valence-electron chi connectivity index (χ2n) is 6.94. The molecule has 0 unspecified atom stereocenters. The molecule has 6 nitrogen and oxygen atoms in total. The fourth-order valence-corrected chi connectivity index (χ4v) is 3.46. The third-order valence-corrected chi connectivity index (χ3v) is 4.75. The summed E-state index contributed by atoms with van der Waals surface area (Å²) in [6.45, 7) is 5.67. The maximum absolute atomic E-state index is 13.1. The number of halogens is 1. The van der Waals surface area contributed by atoms with E-state index in [1.807, 2.05) is 13.8 Å². The van der Waals surface area contributed by atoms with Crippen molar-refractivity contribution in [3.05, 3.63) is 50.9 Å². The zero-order valence-electron chi connectivity index (χ0n) is 15.6. The Hall–Kier alpha value is -2.52. The van der Waals surface area contributed by atoms with Crippen LogP contribution >= 0.6 is 11.6 Å². The summed E-state index contributed by atoms with van der Waals surface area (Å²) in [6.07, 6.45) is 4.70. The number of anilines is 1. The summed E-state index contributed by atoms with van der Waals surface area (Å²) in [5, 5.41) is 9.94. The van der Waals surface area contributed by atoms with Crippen molar-refractivity contribution in [3.63, 3.8) is 0 Å². The van der Waals surface area contributed by atoms with Gasteiger partial charge in [0, 0.05) is 18.1 Å². The molecule has 0 bridgehead atoms. The van der Waals surface area contributed by atoms with Gasteiger partial charge in [0.1, 0.15) is 0 Å². The molecule has 3 rings (SSSR count). The lowest BCUT2D eigenvalue weighted by atomic mass is 10.1. The molecule has 27 heavy (non-hydrogen) atoms. The van der Waals surface area contributed by atoms with E-state index in [4.69, 9.17) is 16.3 Å². The Morgan fingerprint density at radius 3 is 2.70 bits per heavy atom. The van der Waals surface area contributed by atoms with Crippen LogP contribution < -0.4 is 15.2 Å². The SMILES string of the molecule is CC(C)Oc1cnc(N2CCCCC2)n(Cc2cc(Cl)ccc2C#N)c1=O. The number of ether oxygens (including phenoxy) is 1. The molecular formula is C20H23ClN4O2. The minimum absolute atomic E-state index is 0.130. The van der Waals surface area contributed by atoms with Gasteiger partial charge in [-0.15, -0.1) is 0 Å². The summed E-state index contributed by atoms with van der Waals surface area (Å²) in [4.78, 5) is 19.8. The van der Waals surface area contributed by atoms with Gasteiger partial charge in [-0.1, -0.05) is 11.6 Å². The standard InChI is InChI=1S/C20H23ClN4O2/c1-14(2)27-18-12-23-20(24-8-4-3-5-9-24)25(19(18)26)13-16-10-17(21)7-6-15(16)11-22/h6-7,10,12,14H,3-5,8-9,13H2,1-2H3. The largest absolute Gasteiger partial charge is 0.484 e. The van der Waals surface area contributed by atoms with Crippen LogP contribution in [0.15, 0.2) is 29.2 Å². The van der Waals surface area contributed by atoms with E-state index in [9.17, 15) is 10.1 Å². The van der Waals surface area contributed by atoms with Gasteiger partial charge in [-0.2, -0.15) is 5.26 Å². The number of benzene rings is 1. The summed E-state index contributed by atoms with van der Waals surface area (Å²) in [6, 6.07) is 7.24. The topological polar surface area (TPSA) is 71.2 Å². The molecule has 0 N–H and O–H groups in total. The van der Waals surface area contributed by atoms with Crippen molar-refractivity contribution in [1.82, 2.24) is 9.55 Å². The van der Waals surface area contributed by atoms with Gasteiger partial charge in [0.2, 0.25) is 11.7 Å². The fraction of sp³-hybridized carbons (Fsp3) is 0.450. The van der Waals surface area contributed by atoms with E-state index in [0.717, 1.165) is 25.9 Å². The molecule has 1 aliphatic heterocycles. The summed E-state index contributed by atoms with van der Waals surface area (Å²) in [5.74, 6) is 0.825. The second-order valence-corrected chi connectivity index (χ2v) is 7.38. The first-order valence-corrected chi connectivity index (χ1v) is 9.57. The van der Waals surface area contributed by atoms with Crippen molar-refractivity contribution < 1.29 is 4.74 Å². The Morgan fingerprint density at radius 1 is 1.30 bits per heavy atom. The molecule has 0 atom stereocenters. The number of nitrogens with zero attached hydrogens (tertiary/aromatic N) is 4. The molecule has 1 saturated heterocycles. The van der Waals surface area contributed by atoms with Crippen LogP contribution in [0.1, 0.15) is 44.2 Å². The van der Waals surface area contributed by atoms with Crippen LogP contribution in [0.5, 0.6) is 5.75 Å². The van der Waals surface area contributed by atoms with Gasteiger partial charge in [0.05, 0.1) is 30.5 Å². The van der Waals surface area contributed by atoms with E-state index in [-0.39, 0.29) is 24.0 Å². The maximum Gasteiger partial charge on any atom is 0.297 e. The van der Waals surface area contributed by atoms with Crippen LogP contribution in [-0.2, 0) is 6.54 Å². The Balaban J connectivity index is 2.08. The molecule has 1 aromatic carbocycles. The number of aromatic nitrogens is 2. The number of hydrogen-bond acceptors (Lipinski definition) is 5. The molecule has 0 radical (unpaired) electrons. The van der Waals surface area contributed by atoms with Crippen molar-refractivity contribution >= 4 is 17.5 Å². The van der Waals surface area contributed by atoms with Gasteiger partial charge in [-0.05, 0) is 56.9 Å². The van der Waals surface area contributed by atoms with Crippen LogP contribution in [0, 0.1) is 11.3 Å². The van der Waals surface area contributed by atoms with Crippen LogP contribution in [0.3, 0.4) is 0 Å². The second kappa shape index (κ2) is 8.45. The van der Waals surface area contributed by atoms with Crippen molar-refractivity contribution in [2.24, 2.45) is 0 Å². The monoisotopic (exact) mass is 386 g/mol. The maximum atomic E-state index is 13.1. The molecule has 0 amide bonds. The minimum atomic E-state index is -0.247. The van der Waals surface area contributed by atoms with E-state index >= 15 is 0 Å². The van der Waals surface area contributed by atoms with Crippen LogP contribution in [0.4, 0.5) is 5.95 Å². The van der Waals surface area contributed by atoms with Gasteiger partial charge in [-0.25, -0.2) is 4.98 Å². The van der Waals surface area contributed by atoms with Gasteiger partial charge in [-0.3, -0.25) is 9.36 Å². The van der Waals surface area contributed by atoms with E-state index in [1.165, 1.54) is 12.6 Å². The van der Waals surface area contributed by atoms with E-state index in [1.54, 1.807) is 22.8 Å². The predicted octanol–water partition coefficient (Wildman–Crippen LogP) is 3.59. The highest BCUT2D eigenvalue weighted by Crippen LogP contribution is 2.22. The Labute approximate surface area is 164 Å². The zero-order valence-corrected chi connectivity index (χ0v) is 16.4. The summed E-state index contributed by atoms with van der Waals surface area (Å²) >= 11 is 6.12. The first kappa shape index (κ1) is 19.2. The summed E-state index contributed by atoms with van der Waals surface area (Å²) in [5.41, 5.74) is 0.933. The third kappa shape index (κ3) is 4.42. The van der Waals surface area contributed by atoms with Crippen molar-refractivity contribution in [2.75, 3.05) is 18.0 Å². The Bertz CT molecular complexity index is 911. The lowest BCUT2D eigenvalue weighted by molar-refractivity contribution is 0.236. The van der Waals surface area contributed by atoms with Crippen LogP contribution in [-0.4, -0.2) is 28.7 Å². The van der Waals surface area contributed by atoms with E-state index in [0.29, 0.717) is 22.1 Å². The molecule has 0 aliphatic carbocycles. The Kier molecular flexibility index (Phi) is 6.02. The molecule has 7 heteroatoms. The zero-order chi connectivity index (χ0) is 19.4. The highest BCUT2D eigenvalue weighted by Gasteiger charge is 2.20. The van der Waals surface area contributed by atoms with Crippen molar-refractivity contribution in [1.29, 1.82) is 5.26 Å². The molecule has 0 spiro atoms. The van der Waals surface area contributed by atoms with Crippen molar-refractivity contribution in [3.8, 4) is 11.8 Å². The first-order chi connectivity index (χ1) is 13.0. The number of hydrogen-bond donors (Lipinski definition) is 0. The highest BCUT2D eigenvalue weighted by atomic mass is 35.5. The van der Waals surface area contributed by atoms with Gasteiger partial charge < -0.3 is 9.64 Å². The quantitative estimate of drug-likeness (QED) is 0.785. The molecule has 1 aliphatic rings. The van der Waals surface area contributed by atoms with Gasteiger partial charge >= 0.3 is 0 Å². The molecule has 142 valence electrons. The molecule has 0 saturated carbocycles. The average molecular weight is 387 g/mol. The molecule has 2 aromatic rings. The average Bonchev–Trinajstić information content (AvgIpc) is 2.65. The summed E-state index contributed by atoms with van der Waals surface area (Å²) < 4.78 is 7.23. The minimum Gasteiger partial charge on any atom is -0.484 e. The fourth-order valence-electron chi connectivity index (χ4n) is 3.26. The highest BCUT2D eigenvalue weighted by molar-refractivity contribution is 6.30. The Morgan fingerprint density at radius 2 is 2.04 bits per heavy atom.